The summed E-state index contributed by atoms with van der Waals surface area (Å²) in [6.07, 6.45) is 9.78. The molecule has 1 fully saturated rings. The van der Waals surface area contributed by atoms with Crippen LogP contribution in [0.5, 0.6) is 0 Å². The summed E-state index contributed by atoms with van der Waals surface area (Å²) in [7, 11) is 1.62. The predicted octanol–water partition coefficient (Wildman–Crippen LogP) is 4.26. The lowest BCUT2D eigenvalue weighted by atomic mass is 9.98. The smallest absolute Gasteiger partial charge is 0.114 e. The molecular weight excluding hydrogens is 328 g/mol. The molecule has 4 heteroatoms. The molecule has 0 aromatic heterocycles. The van der Waals surface area contributed by atoms with Crippen LogP contribution in [0.25, 0.3) is 0 Å². The van der Waals surface area contributed by atoms with Gasteiger partial charge in [-0.2, -0.15) is 0 Å². The van der Waals surface area contributed by atoms with Crippen LogP contribution in [0.15, 0.2) is 42.5 Å². The highest BCUT2D eigenvalue weighted by atomic mass is 16.6. The van der Waals surface area contributed by atoms with Gasteiger partial charge in [-0.15, -0.1) is 0 Å². The number of unbranched alkanes of at least 4 members (excludes halogenated alkanes) is 5. The summed E-state index contributed by atoms with van der Waals surface area (Å²) in [6, 6.07) is 10.0. The molecule has 0 bridgehead atoms. The highest BCUT2D eigenvalue weighted by Crippen LogP contribution is 2.22. The fraction of sp³-hybridized carbons (Fsp3) is 0.636. The van der Waals surface area contributed by atoms with E-state index in [9.17, 15) is 5.11 Å². The van der Waals surface area contributed by atoms with Crippen molar-refractivity contribution in [3.8, 4) is 0 Å². The second-order valence-corrected chi connectivity index (χ2v) is 6.95. The van der Waals surface area contributed by atoms with Gasteiger partial charge in [-0.05, 0) is 18.4 Å². The van der Waals surface area contributed by atoms with E-state index in [0.29, 0.717) is 13.2 Å². The Balaban J connectivity index is 1.76. The standard InChI is InChI=1S/C22H34O4/c1-3-4-5-6-7-8-12-15-19-21(23)22(24-2)20(17-26-19)25-16-18-13-10-9-11-14-18/h9-15,19-23H,3-8,16-17H2,1-2H3/b15-12+/t19-,20+,21+,22-/m0/s1. The molecule has 1 aliphatic heterocycles. The third kappa shape index (κ3) is 6.84. The Morgan fingerprint density at radius 2 is 1.92 bits per heavy atom. The molecule has 1 aliphatic rings. The predicted molar refractivity (Wildman–Crippen MR) is 104 cm³/mol. The molecular formula is C22H34O4. The Morgan fingerprint density at radius 1 is 1.15 bits per heavy atom. The first kappa shape index (κ1) is 21.1. The van der Waals surface area contributed by atoms with Crippen LogP contribution >= 0.6 is 0 Å². The number of methoxy groups -OCH3 is 1. The fourth-order valence-corrected chi connectivity index (χ4v) is 3.28. The van der Waals surface area contributed by atoms with Crippen molar-refractivity contribution in [3.05, 3.63) is 48.0 Å². The minimum absolute atomic E-state index is 0.270. The molecule has 0 aliphatic carbocycles. The summed E-state index contributed by atoms with van der Waals surface area (Å²) in [5.41, 5.74) is 1.10. The van der Waals surface area contributed by atoms with Gasteiger partial charge >= 0.3 is 0 Å². The molecule has 0 saturated carbocycles. The zero-order valence-electron chi connectivity index (χ0n) is 16.2. The summed E-state index contributed by atoms with van der Waals surface area (Å²) in [5.74, 6) is 0. The van der Waals surface area contributed by atoms with Crippen LogP contribution in [-0.2, 0) is 20.8 Å². The number of ether oxygens (including phenoxy) is 3. The van der Waals surface area contributed by atoms with Gasteiger partial charge in [0.05, 0.1) is 13.2 Å². The highest BCUT2D eigenvalue weighted by Gasteiger charge is 2.39. The minimum atomic E-state index is -0.717. The van der Waals surface area contributed by atoms with E-state index >= 15 is 0 Å². The number of hydrogen-bond donors (Lipinski definition) is 1. The van der Waals surface area contributed by atoms with E-state index in [1.807, 2.05) is 36.4 Å². The molecule has 0 radical (unpaired) electrons. The lowest BCUT2D eigenvalue weighted by molar-refractivity contribution is -0.201. The average molecular weight is 363 g/mol. The number of benzene rings is 1. The van der Waals surface area contributed by atoms with E-state index in [-0.39, 0.29) is 18.3 Å². The van der Waals surface area contributed by atoms with Gasteiger partial charge in [-0.3, -0.25) is 0 Å². The van der Waals surface area contributed by atoms with Gasteiger partial charge < -0.3 is 19.3 Å². The Kier molecular flexibility index (Phi) is 9.93. The first-order chi connectivity index (χ1) is 12.8. The molecule has 4 atom stereocenters. The van der Waals surface area contributed by atoms with Crippen molar-refractivity contribution in [2.24, 2.45) is 0 Å². The molecule has 0 amide bonds. The third-order valence-electron chi connectivity index (χ3n) is 4.87. The zero-order chi connectivity index (χ0) is 18.6. The largest absolute Gasteiger partial charge is 0.387 e. The van der Waals surface area contributed by atoms with Gasteiger partial charge in [0.15, 0.2) is 0 Å². The molecule has 1 N–H and O–H groups in total. The van der Waals surface area contributed by atoms with Crippen molar-refractivity contribution in [1.82, 2.24) is 0 Å². The van der Waals surface area contributed by atoms with E-state index in [1.165, 1.54) is 32.1 Å². The molecule has 2 rings (SSSR count). The Morgan fingerprint density at radius 3 is 2.65 bits per heavy atom. The molecule has 26 heavy (non-hydrogen) atoms. The van der Waals surface area contributed by atoms with Crippen LogP contribution in [0.2, 0.25) is 0 Å². The minimum Gasteiger partial charge on any atom is -0.387 e. The van der Waals surface area contributed by atoms with Gasteiger partial charge in [-0.25, -0.2) is 0 Å². The van der Waals surface area contributed by atoms with E-state index in [1.54, 1.807) is 7.11 Å². The number of aliphatic hydroxyl groups is 1. The number of allylic oxidation sites excluding steroid dienone is 1. The van der Waals surface area contributed by atoms with Gasteiger partial charge in [0.25, 0.3) is 0 Å². The van der Waals surface area contributed by atoms with Gasteiger partial charge in [0.2, 0.25) is 0 Å². The second kappa shape index (κ2) is 12.2. The SMILES string of the molecule is CCCCCCC/C=C/[C@@H]1OC[C@@H](OCc2ccccc2)[C@H](OC)[C@@H]1O. The summed E-state index contributed by atoms with van der Waals surface area (Å²) >= 11 is 0. The first-order valence-corrected chi connectivity index (χ1v) is 9.91. The van der Waals surface area contributed by atoms with Crippen LogP contribution < -0.4 is 0 Å². The maximum absolute atomic E-state index is 10.6. The molecule has 0 unspecified atom stereocenters. The van der Waals surface area contributed by atoms with Crippen molar-refractivity contribution in [1.29, 1.82) is 0 Å². The monoisotopic (exact) mass is 362 g/mol. The van der Waals surface area contributed by atoms with E-state index in [4.69, 9.17) is 14.2 Å². The zero-order valence-corrected chi connectivity index (χ0v) is 16.2. The van der Waals surface area contributed by atoms with Crippen molar-refractivity contribution in [3.63, 3.8) is 0 Å². The molecule has 4 nitrogen and oxygen atoms in total. The Bertz CT molecular complexity index is 502. The summed E-state index contributed by atoms with van der Waals surface area (Å²) in [5, 5.41) is 10.6. The fourth-order valence-electron chi connectivity index (χ4n) is 3.28. The van der Waals surface area contributed by atoms with Crippen LogP contribution in [0.1, 0.15) is 51.0 Å². The van der Waals surface area contributed by atoms with Gasteiger partial charge in [-0.1, -0.05) is 75.1 Å². The summed E-state index contributed by atoms with van der Waals surface area (Å²) in [4.78, 5) is 0. The maximum Gasteiger partial charge on any atom is 0.114 e. The van der Waals surface area contributed by atoms with E-state index in [2.05, 4.69) is 13.0 Å². The Labute approximate surface area is 158 Å². The first-order valence-electron chi connectivity index (χ1n) is 9.91. The number of rotatable bonds is 11. The molecule has 0 spiro atoms. The van der Waals surface area contributed by atoms with Crippen molar-refractivity contribution in [2.75, 3.05) is 13.7 Å². The van der Waals surface area contributed by atoms with Crippen molar-refractivity contribution >= 4 is 0 Å². The number of hydrogen-bond acceptors (Lipinski definition) is 4. The van der Waals surface area contributed by atoms with Crippen molar-refractivity contribution in [2.45, 2.75) is 76.5 Å². The normalized spacial score (nSPS) is 26.4. The average Bonchev–Trinajstić information content (AvgIpc) is 2.67. The second-order valence-electron chi connectivity index (χ2n) is 6.95. The summed E-state index contributed by atoms with van der Waals surface area (Å²) in [6.45, 7) is 3.14. The highest BCUT2D eigenvalue weighted by molar-refractivity contribution is 5.13. The third-order valence-corrected chi connectivity index (χ3v) is 4.87. The quantitative estimate of drug-likeness (QED) is 0.472. The number of aliphatic hydroxyl groups excluding tert-OH is 1. The van der Waals surface area contributed by atoms with Gasteiger partial charge in [0.1, 0.15) is 24.4 Å². The molecule has 1 heterocycles. The van der Waals surface area contributed by atoms with E-state index in [0.717, 1.165) is 12.0 Å². The lowest BCUT2D eigenvalue weighted by Crippen LogP contribution is -2.54. The van der Waals surface area contributed by atoms with E-state index < -0.39 is 6.10 Å². The van der Waals surface area contributed by atoms with Crippen molar-refractivity contribution < 1.29 is 19.3 Å². The molecule has 1 aromatic rings. The van der Waals surface area contributed by atoms with Crippen LogP contribution in [0.4, 0.5) is 0 Å². The molecule has 1 saturated heterocycles. The van der Waals surface area contributed by atoms with Crippen LogP contribution in [0.3, 0.4) is 0 Å². The van der Waals surface area contributed by atoms with Crippen LogP contribution in [-0.4, -0.2) is 43.2 Å². The maximum atomic E-state index is 10.6. The molecule has 146 valence electrons. The molecule has 1 aromatic carbocycles. The van der Waals surface area contributed by atoms with Crippen LogP contribution in [0, 0.1) is 0 Å². The Hall–Kier alpha value is -1.20. The van der Waals surface area contributed by atoms with Gasteiger partial charge in [0, 0.05) is 7.11 Å². The summed E-state index contributed by atoms with van der Waals surface area (Å²) < 4.78 is 17.3. The lowest BCUT2D eigenvalue weighted by Gasteiger charge is -2.38. The topological polar surface area (TPSA) is 47.9 Å².